The second-order valence-electron chi connectivity index (χ2n) is 12.0. The topological polar surface area (TPSA) is 131 Å². The molecular weight excluding hydrogens is 558 g/mol. The highest BCUT2D eigenvalue weighted by Gasteiger charge is 2.28. The molecule has 1 fully saturated rings. The van der Waals surface area contributed by atoms with Crippen molar-refractivity contribution in [1.29, 1.82) is 0 Å². The van der Waals surface area contributed by atoms with Crippen molar-refractivity contribution >= 4 is 29.5 Å². The number of anilines is 3. The minimum atomic E-state index is -0.999. The van der Waals surface area contributed by atoms with Gasteiger partial charge in [-0.25, -0.2) is 24.5 Å². The molecule has 11 heteroatoms. The second kappa shape index (κ2) is 15.4. The first-order valence-corrected chi connectivity index (χ1v) is 15.3. The fourth-order valence-corrected chi connectivity index (χ4v) is 5.03. The molecule has 1 aliphatic rings. The molecule has 11 nitrogen and oxygen atoms in total. The number of hydrogen-bond donors (Lipinski definition) is 3. The van der Waals surface area contributed by atoms with E-state index in [0.29, 0.717) is 11.7 Å². The molecule has 1 aliphatic heterocycles. The monoisotopic (exact) mass is 603 g/mol. The van der Waals surface area contributed by atoms with Gasteiger partial charge in [-0.15, -0.1) is 0 Å². The minimum Gasteiger partial charge on any atom is -0.458 e. The van der Waals surface area contributed by atoms with E-state index >= 15 is 0 Å². The van der Waals surface area contributed by atoms with E-state index in [1.165, 1.54) is 6.33 Å². The van der Waals surface area contributed by atoms with Crippen molar-refractivity contribution in [3.8, 4) is 0 Å². The molecule has 44 heavy (non-hydrogen) atoms. The molecule has 236 valence electrons. The number of pyridine rings is 1. The zero-order valence-electron chi connectivity index (χ0n) is 26.4. The summed E-state index contributed by atoms with van der Waals surface area (Å²) in [5.74, 6) is 2.17. The Balaban J connectivity index is 1.38. The summed E-state index contributed by atoms with van der Waals surface area (Å²) in [6.07, 6.45) is 3.79. The number of carbonyl (C=O) groups excluding carboxylic acids is 2. The molecule has 0 spiro atoms. The normalized spacial score (nSPS) is 14.4. The Morgan fingerprint density at radius 1 is 1.02 bits per heavy atom. The summed E-state index contributed by atoms with van der Waals surface area (Å²) in [5, 5.41) is 9.26. The molecule has 0 bridgehead atoms. The Hall–Kier alpha value is -4.41. The van der Waals surface area contributed by atoms with E-state index in [0.717, 1.165) is 67.4 Å². The summed E-state index contributed by atoms with van der Waals surface area (Å²) in [4.78, 5) is 41.8. The van der Waals surface area contributed by atoms with Crippen molar-refractivity contribution in [2.75, 3.05) is 41.7 Å². The lowest BCUT2D eigenvalue weighted by atomic mass is 9.93. The average molecular weight is 604 g/mol. The number of piperidine rings is 1. The van der Waals surface area contributed by atoms with Crippen LogP contribution in [0.3, 0.4) is 0 Å². The molecular formula is C33H45N7O4. The molecule has 3 aromatic rings. The summed E-state index contributed by atoms with van der Waals surface area (Å²) in [6.45, 7) is 12.2. The lowest BCUT2D eigenvalue weighted by Gasteiger charge is -2.33. The first-order valence-electron chi connectivity index (χ1n) is 15.3. The van der Waals surface area contributed by atoms with Gasteiger partial charge in [0, 0.05) is 43.4 Å². The zero-order valence-corrected chi connectivity index (χ0v) is 26.4. The molecule has 1 aromatic carbocycles. The van der Waals surface area contributed by atoms with Gasteiger partial charge in [0.05, 0.1) is 0 Å². The molecule has 0 unspecified atom stereocenters. The third-order valence-corrected chi connectivity index (χ3v) is 7.27. The van der Waals surface area contributed by atoms with Gasteiger partial charge in [0.25, 0.3) is 0 Å². The van der Waals surface area contributed by atoms with Gasteiger partial charge in [-0.2, -0.15) is 0 Å². The predicted molar refractivity (Wildman–Crippen MR) is 172 cm³/mol. The lowest BCUT2D eigenvalue weighted by Crippen LogP contribution is -2.48. The van der Waals surface area contributed by atoms with Crippen molar-refractivity contribution in [2.24, 2.45) is 0 Å². The van der Waals surface area contributed by atoms with Crippen LogP contribution in [-0.2, 0) is 20.9 Å². The summed E-state index contributed by atoms with van der Waals surface area (Å²) in [6, 6.07) is 14.5. The Morgan fingerprint density at radius 2 is 1.77 bits per heavy atom. The highest BCUT2D eigenvalue weighted by molar-refractivity contribution is 5.82. The smallest absolute Gasteiger partial charge is 0.408 e. The Morgan fingerprint density at radius 3 is 2.48 bits per heavy atom. The fourth-order valence-electron chi connectivity index (χ4n) is 5.03. The fraction of sp³-hybridized carbons (Fsp3) is 0.485. The molecule has 3 heterocycles. The molecule has 1 atom stereocenters. The molecule has 4 rings (SSSR count). The van der Waals surface area contributed by atoms with Crippen molar-refractivity contribution in [3.05, 3.63) is 71.7 Å². The van der Waals surface area contributed by atoms with E-state index in [-0.39, 0.29) is 13.2 Å². The van der Waals surface area contributed by atoms with Crippen LogP contribution in [0.4, 0.5) is 22.2 Å². The summed E-state index contributed by atoms with van der Waals surface area (Å²) in [7, 11) is 0. The standard InChI is InChI=1S/C33H45N7O4/c1-6-17-34-28-14-10-13-26(38-28)25-15-18-40(19-16-25)30-23(2)29(36-22-37-30)35-20-27(31(41)44-33(3,4)5)39-32(42)43-21-24-11-8-7-9-12-24/h7-14,22,25,27H,6,15-21H2,1-5H3,(H,34,38)(H,39,42)(H,35,36,37)/t27-/m0/s1. The van der Waals surface area contributed by atoms with Crippen LogP contribution in [-0.4, -0.2) is 64.8 Å². The maximum absolute atomic E-state index is 13.0. The molecule has 3 N–H and O–H groups in total. The van der Waals surface area contributed by atoms with Gasteiger partial charge in [0.1, 0.15) is 42.0 Å². The molecule has 0 aliphatic carbocycles. The van der Waals surface area contributed by atoms with Crippen LogP contribution in [0, 0.1) is 6.92 Å². The number of alkyl carbamates (subject to hydrolysis) is 1. The number of amides is 1. The van der Waals surface area contributed by atoms with E-state index in [9.17, 15) is 9.59 Å². The van der Waals surface area contributed by atoms with E-state index in [2.05, 4.69) is 49.9 Å². The quantitative estimate of drug-likeness (QED) is 0.230. The van der Waals surface area contributed by atoms with Crippen LogP contribution < -0.4 is 20.9 Å². The van der Waals surface area contributed by atoms with Gasteiger partial charge in [0.15, 0.2) is 0 Å². The minimum absolute atomic E-state index is 0.0583. The number of carbonyl (C=O) groups is 2. The van der Waals surface area contributed by atoms with Crippen LogP contribution in [0.2, 0.25) is 0 Å². The molecule has 0 saturated carbocycles. The van der Waals surface area contributed by atoms with Crippen molar-refractivity contribution in [2.45, 2.75) is 78.0 Å². The maximum Gasteiger partial charge on any atom is 0.408 e. The maximum atomic E-state index is 13.0. The number of benzene rings is 1. The first-order chi connectivity index (χ1) is 21.1. The van der Waals surface area contributed by atoms with Crippen molar-refractivity contribution in [3.63, 3.8) is 0 Å². The number of hydrogen-bond acceptors (Lipinski definition) is 10. The third kappa shape index (κ3) is 9.55. The Bertz CT molecular complexity index is 1370. The Labute approximate surface area is 260 Å². The van der Waals surface area contributed by atoms with E-state index in [1.807, 2.05) is 43.3 Å². The molecule has 2 aromatic heterocycles. The number of ether oxygens (including phenoxy) is 2. The highest BCUT2D eigenvalue weighted by atomic mass is 16.6. The van der Waals surface area contributed by atoms with Crippen LogP contribution in [0.1, 0.15) is 69.7 Å². The average Bonchev–Trinajstić information content (AvgIpc) is 3.01. The zero-order chi connectivity index (χ0) is 31.5. The SMILES string of the molecule is CCCNc1cccc(C2CCN(c3ncnc(NC[C@H](NC(=O)OCc4ccccc4)C(=O)OC(C)(C)C)c3C)CC2)n1. The van der Waals surface area contributed by atoms with E-state index in [1.54, 1.807) is 20.8 Å². The molecule has 1 saturated heterocycles. The summed E-state index contributed by atoms with van der Waals surface area (Å²) >= 11 is 0. The number of aromatic nitrogens is 3. The Kier molecular flexibility index (Phi) is 11.3. The van der Waals surface area contributed by atoms with E-state index < -0.39 is 23.7 Å². The predicted octanol–water partition coefficient (Wildman–Crippen LogP) is 5.43. The van der Waals surface area contributed by atoms with Gasteiger partial charge in [-0.05, 0) is 64.7 Å². The van der Waals surface area contributed by atoms with Crippen LogP contribution in [0.25, 0.3) is 0 Å². The summed E-state index contributed by atoms with van der Waals surface area (Å²) in [5.41, 5.74) is 2.11. The van der Waals surface area contributed by atoms with E-state index in [4.69, 9.17) is 14.5 Å². The van der Waals surface area contributed by atoms with Crippen LogP contribution in [0.5, 0.6) is 0 Å². The molecule has 1 amide bonds. The van der Waals surface area contributed by atoms with Crippen LogP contribution >= 0.6 is 0 Å². The van der Waals surface area contributed by atoms with Crippen molar-refractivity contribution < 1.29 is 19.1 Å². The third-order valence-electron chi connectivity index (χ3n) is 7.27. The number of nitrogens with one attached hydrogen (secondary N) is 3. The second-order valence-corrected chi connectivity index (χ2v) is 12.0. The lowest BCUT2D eigenvalue weighted by molar-refractivity contribution is -0.156. The van der Waals surface area contributed by atoms with Gasteiger partial charge in [-0.1, -0.05) is 43.3 Å². The van der Waals surface area contributed by atoms with Gasteiger partial charge >= 0.3 is 12.1 Å². The van der Waals surface area contributed by atoms with Gasteiger partial charge in [0.2, 0.25) is 0 Å². The number of esters is 1. The highest BCUT2D eigenvalue weighted by Crippen LogP contribution is 2.31. The number of rotatable bonds is 12. The van der Waals surface area contributed by atoms with Gasteiger partial charge in [-0.3, -0.25) is 0 Å². The number of nitrogens with zero attached hydrogens (tertiary/aromatic N) is 4. The van der Waals surface area contributed by atoms with Crippen molar-refractivity contribution in [1.82, 2.24) is 20.3 Å². The molecule has 0 radical (unpaired) electrons. The van der Waals surface area contributed by atoms with Crippen LogP contribution in [0.15, 0.2) is 54.9 Å². The van der Waals surface area contributed by atoms with Gasteiger partial charge < -0.3 is 30.3 Å². The summed E-state index contributed by atoms with van der Waals surface area (Å²) < 4.78 is 10.9. The first kappa shape index (κ1) is 32.5. The largest absolute Gasteiger partial charge is 0.458 e.